The molecule has 6 nitrogen and oxygen atoms in total. The number of hydrogen-bond acceptors (Lipinski definition) is 5. The Morgan fingerprint density at radius 2 is 1.95 bits per heavy atom. The van der Waals surface area contributed by atoms with E-state index in [4.69, 9.17) is 11.0 Å². The zero-order valence-corrected chi connectivity index (χ0v) is 11.4. The minimum absolute atomic E-state index is 0.544. The number of benzene rings is 1. The highest BCUT2D eigenvalue weighted by Crippen LogP contribution is 2.17. The van der Waals surface area contributed by atoms with Crippen molar-refractivity contribution in [1.29, 1.82) is 5.26 Å². The van der Waals surface area contributed by atoms with Crippen LogP contribution in [0.15, 0.2) is 42.7 Å². The lowest BCUT2D eigenvalue weighted by molar-refractivity contribution is 0.841. The van der Waals surface area contributed by atoms with Crippen molar-refractivity contribution in [1.82, 2.24) is 19.7 Å². The van der Waals surface area contributed by atoms with E-state index >= 15 is 0 Å². The molecule has 0 bridgehead atoms. The number of rotatable bonds is 2. The van der Waals surface area contributed by atoms with Crippen LogP contribution >= 0.6 is 0 Å². The van der Waals surface area contributed by atoms with Crippen LogP contribution < -0.4 is 5.73 Å². The fourth-order valence-electron chi connectivity index (χ4n) is 1.97. The number of aryl methyl sites for hydroxylation is 1. The third-order valence-corrected chi connectivity index (χ3v) is 2.96. The van der Waals surface area contributed by atoms with E-state index in [1.54, 1.807) is 35.3 Å². The number of anilines is 1. The van der Waals surface area contributed by atoms with Crippen LogP contribution in [0.25, 0.3) is 17.2 Å². The smallest absolute Gasteiger partial charge is 0.181 e. The summed E-state index contributed by atoms with van der Waals surface area (Å²) in [5.41, 5.74) is 8.53. The van der Waals surface area contributed by atoms with Crippen molar-refractivity contribution in [3.05, 3.63) is 54.0 Å². The van der Waals surface area contributed by atoms with Crippen LogP contribution in [0, 0.1) is 18.3 Å². The summed E-state index contributed by atoms with van der Waals surface area (Å²) in [6.07, 6.45) is 1.58. The van der Waals surface area contributed by atoms with Crippen molar-refractivity contribution in [3.63, 3.8) is 0 Å². The van der Waals surface area contributed by atoms with Crippen LogP contribution in [-0.4, -0.2) is 19.7 Å². The first-order valence-corrected chi connectivity index (χ1v) is 6.32. The topological polar surface area (TPSA) is 93.4 Å². The molecule has 2 N–H and O–H groups in total. The molecule has 0 aliphatic rings. The normalized spacial score (nSPS) is 10.3. The van der Waals surface area contributed by atoms with E-state index in [0.29, 0.717) is 22.9 Å². The second-order valence-electron chi connectivity index (χ2n) is 4.60. The van der Waals surface area contributed by atoms with E-state index in [0.717, 1.165) is 11.3 Å². The molecular weight excluding hydrogens is 264 g/mol. The quantitative estimate of drug-likeness (QED) is 0.723. The lowest BCUT2D eigenvalue weighted by Gasteiger charge is -2.01. The summed E-state index contributed by atoms with van der Waals surface area (Å²) < 4.78 is 1.56. The zero-order valence-electron chi connectivity index (χ0n) is 11.4. The lowest BCUT2D eigenvalue weighted by atomic mass is 10.2. The molecule has 3 rings (SSSR count). The molecule has 0 radical (unpaired) electrons. The molecule has 0 saturated carbocycles. The Balaban J connectivity index is 2.00. The highest BCUT2D eigenvalue weighted by Gasteiger charge is 2.08. The predicted molar refractivity (Wildman–Crippen MR) is 78.5 cm³/mol. The molecule has 1 aromatic carbocycles. The van der Waals surface area contributed by atoms with Crippen molar-refractivity contribution in [2.75, 3.05) is 5.73 Å². The standard InChI is InChI=1S/C15H12N6/c1-10-6-11(8-16)7-14(19-10)21-9-18-15(20-21)12-2-4-13(17)5-3-12/h2-7,9H,17H2,1H3. The number of nitrogens with zero attached hydrogens (tertiary/aromatic N) is 5. The Hall–Kier alpha value is -3.20. The average molecular weight is 276 g/mol. The maximum absolute atomic E-state index is 9.01. The number of nitrogen functional groups attached to an aromatic ring is 1. The first kappa shape index (κ1) is 12.8. The molecule has 0 fully saturated rings. The van der Waals surface area contributed by atoms with Gasteiger partial charge in [0.15, 0.2) is 11.6 Å². The summed E-state index contributed by atoms with van der Waals surface area (Å²) in [7, 11) is 0. The van der Waals surface area contributed by atoms with Gasteiger partial charge in [0.05, 0.1) is 11.6 Å². The van der Waals surface area contributed by atoms with Crippen molar-refractivity contribution in [2.45, 2.75) is 6.92 Å². The van der Waals surface area contributed by atoms with Crippen molar-refractivity contribution >= 4 is 5.69 Å². The Morgan fingerprint density at radius 3 is 2.67 bits per heavy atom. The Bertz CT molecular complexity index is 826. The van der Waals surface area contributed by atoms with Gasteiger partial charge in [-0.2, -0.15) is 5.26 Å². The second kappa shape index (κ2) is 5.06. The summed E-state index contributed by atoms with van der Waals surface area (Å²) in [5, 5.41) is 13.4. The molecule has 3 aromatic rings. The van der Waals surface area contributed by atoms with Crippen molar-refractivity contribution in [3.8, 4) is 23.3 Å². The minimum atomic E-state index is 0.544. The van der Waals surface area contributed by atoms with Gasteiger partial charge >= 0.3 is 0 Å². The molecule has 21 heavy (non-hydrogen) atoms. The van der Waals surface area contributed by atoms with Crippen molar-refractivity contribution < 1.29 is 0 Å². The molecule has 0 atom stereocenters. The highest BCUT2D eigenvalue weighted by atomic mass is 15.4. The van der Waals surface area contributed by atoms with E-state index in [1.807, 2.05) is 19.1 Å². The van der Waals surface area contributed by atoms with Gasteiger partial charge in [-0.05, 0) is 37.3 Å². The summed E-state index contributed by atoms with van der Waals surface area (Å²) in [6.45, 7) is 1.84. The second-order valence-corrected chi connectivity index (χ2v) is 4.60. The molecule has 0 aliphatic heterocycles. The molecule has 0 spiro atoms. The molecule has 102 valence electrons. The van der Waals surface area contributed by atoms with Gasteiger partial charge in [-0.3, -0.25) is 0 Å². The van der Waals surface area contributed by atoms with E-state index in [9.17, 15) is 0 Å². The van der Waals surface area contributed by atoms with Crippen LogP contribution in [0.4, 0.5) is 5.69 Å². The average Bonchev–Trinajstić information content (AvgIpc) is 2.97. The van der Waals surface area contributed by atoms with Crippen LogP contribution in [0.1, 0.15) is 11.3 Å². The molecule has 0 amide bonds. The van der Waals surface area contributed by atoms with Crippen LogP contribution in [0.2, 0.25) is 0 Å². The van der Waals surface area contributed by atoms with E-state index in [1.165, 1.54) is 0 Å². The summed E-state index contributed by atoms with van der Waals surface area (Å²) in [5.74, 6) is 1.15. The van der Waals surface area contributed by atoms with Crippen LogP contribution in [0.3, 0.4) is 0 Å². The third kappa shape index (κ3) is 2.58. The van der Waals surface area contributed by atoms with Gasteiger partial charge in [0.2, 0.25) is 0 Å². The largest absolute Gasteiger partial charge is 0.399 e. The fraction of sp³-hybridized carbons (Fsp3) is 0.0667. The highest BCUT2D eigenvalue weighted by molar-refractivity contribution is 5.58. The summed E-state index contributed by atoms with van der Waals surface area (Å²) >= 11 is 0. The maximum Gasteiger partial charge on any atom is 0.181 e. The molecular formula is C15H12N6. The number of hydrogen-bond donors (Lipinski definition) is 1. The van der Waals surface area contributed by atoms with Gasteiger partial charge in [-0.15, -0.1) is 5.10 Å². The number of pyridine rings is 1. The van der Waals surface area contributed by atoms with Gasteiger partial charge < -0.3 is 5.73 Å². The third-order valence-electron chi connectivity index (χ3n) is 2.96. The zero-order chi connectivity index (χ0) is 14.8. The fourth-order valence-corrected chi connectivity index (χ4v) is 1.97. The lowest BCUT2D eigenvalue weighted by Crippen LogP contribution is -2.00. The monoisotopic (exact) mass is 276 g/mol. The molecule has 0 aliphatic carbocycles. The Labute approximate surface area is 121 Å². The van der Waals surface area contributed by atoms with E-state index in [2.05, 4.69) is 21.1 Å². The Morgan fingerprint density at radius 1 is 1.19 bits per heavy atom. The van der Waals surface area contributed by atoms with E-state index in [-0.39, 0.29) is 0 Å². The maximum atomic E-state index is 9.01. The van der Waals surface area contributed by atoms with Crippen LogP contribution in [0.5, 0.6) is 0 Å². The number of nitriles is 1. The molecule has 0 saturated heterocycles. The molecule has 6 heteroatoms. The van der Waals surface area contributed by atoms with Gasteiger partial charge in [0.1, 0.15) is 6.33 Å². The summed E-state index contributed by atoms with van der Waals surface area (Å²) in [4.78, 5) is 8.63. The number of aromatic nitrogens is 4. The Kier molecular flexibility index (Phi) is 3.09. The van der Waals surface area contributed by atoms with Crippen molar-refractivity contribution in [2.24, 2.45) is 0 Å². The number of nitrogens with two attached hydrogens (primary N) is 1. The van der Waals surface area contributed by atoms with Gasteiger partial charge in [0.25, 0.3) is 0 Å². The molecule has 0 unspecified atom stereocenters. The first-order valence-electron chi connectivity index (χ1n) is 6.32. The minimum Gasteiger partial charge on any atom is -0.399 e. The predicted octanol–water partition coefficient (Wildman–Crippen LogP) is 2.09. The first-order chi connectivity index (χ1) is 10.2. The van der Waals surface area contributed by atoms with E-state index < -0.39 is 0 Å². The van der Waals surface area contributed by atoms with Crippen LogP contribution in [-0.2, 0) is 0 Å². The molecule has 2 aromatic heterocycles. The summed E-state index contributed by atoms with van der Waals surface area (Å²) in [6, 6.07) is 12.8. The van der Waals surface area contributed by atoms with Gasteiger partial charge in [-0.25, -0.2) is 14.6 Å². The van der Waals surface area contributed by atoms with Gasteiger partial charge in [-0.1, -0.05) is 0 Å². The molecule has 2 heterocycles. The van der Waals surface area contributed by atoms with Gasteiger partial charge in [0, 0.05) is 23.0 Å². The SMILES string of the molecule is Cc1cc(C#N)cc(-n2cnc(-c3ccc(N)cc3)n2)n1.